The molecule has 2 rings (SSSR count). The fraction of sp³-hybridized carbons (Fsp3) is 0.632. The molecule has 1 fully saturated rings. The molecule has 140 valence electrons. The van der Waals surface area contributed by atoms with Crippen LogP contribution in [0.2, 0.25) is 0 Å². The van der Waals surface area contributed by atoms with Crippen LogP contribution in [0.3, 0.4) is 0 Å². The Morgan fingerprint density at radius 3 is 2.48 bits per heavy atom. The Labute approximate surface area is 150 Å². The van der Waals surface area contributed by atoms with Crippen LogP contribution >= 0.6 is 0 Å². The summed E-state index contributed by atoms with van der Waals surface area (Å²) >= 11 is 0. The molecule has 1 aromatic rings. The molecule has 6 heteroatoms. The van der Waals surface area contributed by atoms with Crippen LogP contribution in [0.5, 0.6) is 11.5 Å². The highest BCUT2D eigenvalue weighted by Gasteiger charge is 2.30. The number of hydrogen-bond acceptors (Lipinski definition) is 5. The number of anilines is 1. The third-order valence-electron chi connectivity index (χ3n) is 4.32. The van der Waals surface area contributed by atoms with E-state index in [-0.39, 0.29) is 23.6 Å². The van der Waals surface area contributed by atoms with Gasteiger partial charge in [0.05, 0.1) is 5.69 Å². The summed E-state index contributed by atoms with van der Waals surface area (Å²) in [5, 5.41) is 20.0. The lowest BCUT2D eigenvalue weighted by molar-refractivity contribution is 0.0204. The van der Waals surface area contributed by atoms with E-state index in [0.29, 0.717) is 18.8 Å². The van der Waals surface area contributed by atoms with Crippen molar-refractivity contribution in [2.24, 2.45) is 0 Å². The largest absolute Gasteiger partial charge is 0.504 e. The summed E-state index contributed by atoms with van der Waals surface area (Å²) in [4.78, 5) is 16.1. The first-order valence-electron chi connectivity index (χ1n) is 8.98. The monoisotopic (exact) mass is 350 g/mol. The van der Waals surface area contributed by atoms with Crippen LogP contribution in [-0.4, -0.2) is 52.5 Å². The Hall–Kier alpha value is -2.11. The van der Waals surface area contributed by atoms with Crippen molar-refractivity contribution in [1.82, 2.24) is 4.90 Å². The van der Waals surface area contributed by atoms with Crippen LogP contribution in [0.1, 0.15) is 47.0 Å². The van der Waals surface area contributed by atoms with Crippen LogP contribution in [0, 0.1) is 0 Å². The average molecular weight is 350 g/mol. The number of carbonyl (C=O) groups excluding carboxylic acids is 1. The van der Waals surface area contributed by atoms with Gasteiger partial charge < -0.3 is 24.7 Å². The van der Waals surface area contributed by atoms with E-state index in [1.165, 1.54) is 6.07 Å². The molecule has 0 saturated carbocycles. The smallest absolute Gasteiger partial charge is 0.410 e. The molecule has 0 atom stereocenters. The topological polar surface area (TPSA) is 73.2 Å². The van der Waals surface area contributed by atoms with Crippen LogP contribution in [0.15, 0.2) is 18.2 Å². The summed E-state index contributed by atoms with van der Waals surface area (Å²) in [7, 11) is 0. The molecule has 0 bridgehead atoms. The SMILES string of the molecule is CCCN(c1cccc(O)c1O)C1CCN(C(=O)OC(C)(C)C)CC1. The minimum atomic E-state index is -0.491. The zero-order valence-corrected chi connectivity index (χ0v) is 15.7. The zero-order valence-electron chi connectivity index (χ0n) is 15.7. The molecule has 1 aromatic carbocycles. The van der Waals surface area contributed by atoms with E-state index in [1.54, 1.807) is 11.0 Å². The molecule has 6 nitrogen and oxygen atoms in total. The number of para-hydroxylation sites is 1. The molecule has 0 aliphatic carbocycles. The van der Waals surface area contributed by atoms with Crippen LogP contribution < -0.4 is 4.90 Å². The Bertz CT molecular complexity index is 590. The third kappa shape index (κ3) is 4.94. The first-order valence-corrected chi connectivity index (χ1v) is 8.98. The quantitative estimate of drug-likeness (QED) is 0.810. The third-order valence-corrected chi connectivity index (χ3v) is 4.32. The number of likely N-dealkylation sites (tertiary alicyclic amines) is 1. The number of rotatable bonds is 4. The lowest BCUT2D eigenvalue weighted by Crippen LogP contribution is -2.48. The maximum absolute atomic E-state index is 12.2. The molecule has 25 heavy (non-hydrogen) atoms. The van der Waals surface area contributed by atoms with E-state index in [1.807, 2.05) is 26.8 Å². The molecule has 1 aliphatic heterocycles. The number of hydrogen-bond donors (Lipinski definition) is 2. The van der Waals surface area contributed by atoms with Crippen LogP contribution in [-0.2, 0) is 4.74 Å². The molecule has 2 N–H and O–H groups in total. The van der Waals surface area contributed by atoms with Gasteiger partial charge in [0.2, 0.25) is 0 Å². The van der Waals surface area contributed by atoms with Gasteiger partial charge >= 0.3 is 6.09 Å². The van der Waals surface area contributed by atoms with E-state index >= 15 is 0 Å². The Morgan fingerprint density at radius 1 is 1.28 bits per heavy atom. The number of ether oxygens (including phenoxy) is 1. The van der Waals surface area contributed by atoms with Crippen molar-refractivity contribution in [1.29, 1.82) is 0 Å². The van der Waals surface area contributed by atoms with Crippen molar-refractivity contribution >= 4 is 11.8 Å². The number of nitrogens with zero attached hydrogens (tertiary/aromatic N) is 2. The number of amides is 1. The minimum absolute atomic E-state index is 0.0782. The highest BCUT2D eigenvalue weighted by Crippen LogP contribution is 2.37. The standard InChI is InChI=1S/C19H30N2O4/c1-5-11-21(15-7-6-8-16(22)17(15)23)14-9-12-20(13-10-14)18(24)25-19(2,3)4/h6-8,14,22-23H,5,9-13H2,1-4H3. The maximum Gasteiger partial charge on any atom is 0.410 e. The van der Waals surface area contributed by atoms with Crippen molar-refractivity contribution in [3.05, 3.63) is 18.2 Å². The van der Waals surface area contributed by atoms with Crippen molar-refractivity contribution in [3.8, 4) is 11.5 Å². The predicted molar refractivity (Wildman–Crippen MR) is 98.2 cm³/mol. The van der Waals surface area contributed by atoms with Gasteiger partial charge in [-0.2, -0.15) is 0 Å². The first-order chi connectivity index (χ1) is 11.7. The summed E-state index contributed by atoms with van der Waals surface area (Å²) in [5.41, 5.74) is 0.160. The number of aromatic hydroxyl groups is 2. The summed E-state index contributed by atoms with van der Waals surface area (Å²) in [6.45, 7) is 9.72. The minimum Gasteiger partial charge on any atom is -0.504 e. The van der Waals surface area contributed by atoms with Gasteiger partial charge in [-0.25, -0.2) is 4.79 Å². The average Bonchev–Trinajstić information content (AvgIpc) is 2.54. The Morgan fingerprint density at radius 2 is 1.92 bits per heavy atom. The summed E-state index contributed by atoms with van der Waals surface area (Å²) < 4.78 is 5.44. The lowest BCUT2D eigenvalue weighted by atomic mass is 10.0. The zero-order chi connectivity index (χ0) is 18.6. The maximum atomic E-state index is 12.2. The van der Waals surface area contributed by atoms with Gasteiger partial charge in [-0.05, 0) is 52.2 Å². The summed E-state index contributed by atoms with van der Waals surface area (Å²) in [5.74, 6) is -0.185. The van der Waals surface area contributed by atoms with E-state index in [0.717, 1.165) is 25.8 Å². The van der Waals surface area contributed by atoms with Gasteiger partial charge in [-0.1, -0.05) is 13.0 Å². The van der Waals surface area contributed by atoms with Crippen molar-refractivity contribution in [2.75, 3.05) is 24.5 Å². The molecule has 0 unspecified atom stereocenters. The van der Waals surface area contributed by atoms with Crippen molar-refractivity contribution in [3.63, 3.8) is 0 Å². The molecule has 0 radical (unpaired) electrons. The first kappa shape index (κ1) is 19.2. The number of piperidine rings is 1. The van der Waals surface area contributed by atoms with E-state index in [2.05, 4.69) is 11.8 Å². The Kier molecular flexibility index (Phi) is 6.03. The van der Waals surface area contributed by atoms with Gasteiger partial charge in [0.15, 0.2) is 11.5 Å². The second-order valence-corrected chi connectivity index (χ2v) is 7.54. The summed E-state index contributed by atoms with van der Waals surface area (Å²) in [6, 6.07) is 5.26. The molecule has 1 heterocycles. The molecule has 0 spiro atoms. The van der Waals surface area contributed by atoms with Gasteiger partial charge in [-0.15, -0.1) is 0 Å². The second kappa shape index (κ2) is 7.85. The fourth-order valence-electron chi connectivity index (χ4n) is 3.18. The summed E-state index contributed by atoms with van der Waals surface area (Å²) in [6.07, 6.45) is 2.26. The number of phenols is 2. The molecule has 0 aromatic heterocycles. The van der Waals surface area contributed by atoms with Gasteiger partial charge in [0.1, 0.15) is 5.60 Å². The second-order valence-electron chi connectivity index (χ2n) is 7.54. The number of carbonyl (C=O) groups is 1. The lowest BCUT2D eigenvalue weighted by Gasteiger charge is -2.40. The van der Waals surface area contributed by atoms with Crippen LogP contribution in [0.4, 0.5) is 10.5 Å². The molecular formula is C19H30N2O4. The van der Waals surface area contributed by atoms with Crippen LogP contribution in [0.25, 0.3) is 0 Å². The van der Waals surface area contributed by atoms with Gasteiger partial charge in [0.25, 0.3) is 0 Å². The highest BCUT2D eigenvalue weighted by atomic mass is 16.6. The van der Waals surface area contributed by atoms with E-state index in [9.17, 15) is 15.0 Å². The molecule has 1 saturated heterocycles. The Balaban J connectivity index is 2.05. The van der Waals surface area contributed by atoms with E-state index in [4.69, 9.17) is 4.74 Å². The molecule has 1 aliphatic rings. The number of phenolic OH excluding ortho intramolecular Hbond substituents is 2. The fourth-order valence-corrected chi connectivity index (χ4v) is 3.18. The van der Waals surface area contributed by atoms with Crippen molar-refractivity contribution in [2.45, 2.75) is 58.6 Å². The van der Waals surface area contributed by atoms with Crippen molar-refractivity contribution < 1.29 is 19.7 Å². The normalized spacial score (nSPS) is 15.9. The van der Waals surface area contributed by atoms with E-state index < -0.39 is 5.60 Å². The predicted octanol–water partition coefficient (Wildman–Crippen LogP) is 3.71. The molecular weight excluding hydrogens is 320 g/mol. The van der Waals surface area contributed by atoms with Gasteiger partial charge in [0, 0.05) is 25.7 Å². The molecule has 1 amide bonds. The highest BCUT2D eigenvalue weighted by molar-refractivity contribution is 5.68. The van der Waals surface area contributed by atoms with Gasteiger partial charge in [-0.3, -0.25) is 0 Å². The number of benzene rings is 1.